The number of anilines is 1. The van der Waals surface area contributed by atoms with E-state index < -0.39 is 23.6 Å². The van der Waals surface area contributed by atoms with Crippen LogP contribution in [-0.2, 0) is 16.2 Å². The largest absolute Gasteiger partial charge is 0.494 e. The van der Waals surface area contributed by atoms with E-state index in [4.69, 9.17) is 14.2 Å². The third-order valence-corrected chi connectivity index (χ3v) is 7.13. The van der Waals surface area contributed by atoms with Crippen LogP contribution >= 0.6 is 27.7 Å². The van der Waals surface area contributed by atoms with Crippen molar-refractivity contribution < 1.29 is 33.0 Å². The maximum absolute atomic E-state index is 14.0. The molecule has 3 amide bonds. The molecule has 1 N–H and O–H groups in total. The Labute approximate surface area is 237 Å². The Balaban J connectivity index is 1.44. The Bertz CT molecular complexity index is 1430. The number of thioether (sulfide) groups is 1. The van der Waals surface area contributed by atoms with Crippen molar-refractivity contribution in [2.75, 3.05) is 25.6 Å². The van der Waals surface area contributed by atoms with Gasteiger partial charge in [-0.3, -0.25) is 19.3 Å². The van der Waals surface area contributed by atoms with E-state index in [0.29, 0.717) is 45.1 Å². The molecule has 3 aromatic rings. The maximum Gasteiger partial charge on any atom is 0.294 e. The number of nitrogens with one attached hydrogen (secondary N) is 1. The molecule has 8 nitrogen and oxygen atoms in total. The van der Waals surface area contributed by atoms with Crippen LogP contribution in [0.2, 0.25) is 0 Å². The predicted octanol–water partition coefficient (Wildman–Crippen LogP) is 6.25. The molecule has 0 aromatic heterocycles. The summed E-state index contributed by atoms with van der Waals surface area (Å²) in [6.45, 7) is 1.96. The molecule has 0 atom stereocenters. The predicted molar refractivity (Wildman–Crippen MR) is 150 cm³/mol. The lowest BCUT2D eigenvalue weighted by atomic mass is 10.1. The molecule has 1 saturated heterocycles. The van der Waals surface area contributed by atoms with Gasteiger partial charge < -0.3 is 19.5 Å². The van der Waals surface area contributed by atoms with E-state index in [1.165, 1.54) is 19.3 Å². The summed E-state index contributed by atoms with van der Waals surface area (Å²) >= 11 is 4.19. The van der Waals surface area contributed by atoms with Gasteiger partial charge in [0.15, 0.2) is 11.5 Å². The van der Waals surface area contributed by atoms with Gasteiger partial charge in [-0.15, -0.1) is 0 Å². The van der Waals surface area contributed by atoms with Gasteiger partial charge >= 0.3 is 0 Å². The van der Waals surface area contributed by atoms with Crippen molar-refractivity contribution in [3.05, 3.63) is 87.0 Å². The summed E-state index contributed by atoms with van der Waals surface area (Å²) in [7, 11) is 1.46. The number of halogens is 2. The molecule has 202 valence electrons. The van der Waals surface area contributed by atoms with E-state index in [2.05, 4.69) is 21.2 Å². The Kier molecular flexibility index (Phi) is 9.26. The average Bonchev–Trinajstić information content (AvgIpc) is 3.18. The van der Waals surface area contributed by atoms with Gasteiger partial charge in [0, 0.05) is 15.7 Å². The molecule has 1 aliphatic heterocycles. The van der Waals surface area contributed by atoms with E-state index in [9.17, 15) is 18.8 Å². The first-order valence-corrected chi connectivity index (χ1v) is 13.4. The van der Waals surface area contributed by atoms with E-state index in [1.807, 2.05) is 6.92 Å². The quantitative estimate of drug-likeness (QED) is 0.270. The highest BCUT2D eigenvalue weighted by atomic mass is 79.9. The molecule has 1 heterocycles. The fraction of sp³-hybridized carbons (Fsp3) is 0.179. The monoisotopic (exact) mass is 614 g/mol. The first kappa shape index (κ1) is 28.2. The Morgan fingerprint density at radius 1 is 1.08 bits per heavy atom. The van der Waals surface area contributed by atoms with Gasteiger partial charge in [-0.05, 0) is 72.8 Å². The highest BCUT2D eigenvalue weighted by Gasteiger charge is 2.36. The summed E-state index contributed by atoms with van der Waals surface area (Å²) < 4.78 is 31.1. The first-order chi connectivity index (χ1) is 18.8. The van der Waals surface area contributed by atoms with Gasteiger partial charge in [-0.1, -0.05) is 34.1 Å². The van der Waals surface area contributed by atoms with Crippen LogP contribution in [0.4, 0.5) is 14.9 Å². The van der Waals surface area contributed by atoms with Crippen LogP contribution in [-0.4, -0.2) is 42.2 Å². The fourth-order valence-corrected chi connectivity index (χ4v) is 4.89. The van der Waals surface area contributed by atoms with Crippen molar-refractivity contribution >= 4 is 56.5 Å². The molecule has 0 spiro atoms. The van der Waals surface area contributed by atoms with Crippen molar-refractivity contribution in [2.24, 2.45) is 0 Å². The minimum Gasteiger partial charge on any atom is -0.494 e. The van der Waals surface area contributed by atoms with Gasteiger partial charge in [0.25, 0.3) is 11.1 Å². The first-order valence-electron chi connectivity index (χ1n) is 11.8. The normalized spacial score (nSPS) is 14.1. The second kappa shape index (κ2) is 12.8. The number of benzene rings is 3. The second-order valence-electron chi connectivity index (χ2n) is 8.18. The summed E-state index contributed by atoms with van der Waals surface area (Å²) in [6, 6.07) is 16.3. The van der Waals surface area contributed by atoms with Crippen LogP contribution in [0.1, 0.15) is 18.1 Å². The Morgan fingerprint density at radius 2 is 1.82 bits per heavy atom. The van der Waals surface area contributed by atoms with Crippen molar-refractivity contribution in [2.45, 2.75) is 13.5 Å². The number of hydrogen-bond acceptors (Lipinski definition) is 7. The molecule has 3 aromatic carbocycles. The molecule has 0 bridgehead atoms. The topological polar surface area (TPSA) is 94.2 Å². The molecule has 0 aliphatic carbocycles. The van der Waals surface area contributed by atoms with Crippen LogP contribution in [0.3, 0.4) is 0 Å². The third kappa shape index (κ3) is 6.98. The van der Waals surface area contributed by atoms with Gasteiger partial charge in [0.05, 0.1) is 18.6 Å². The SMILES string of the molecule is CCOc1ccc(NC(=O)CN2C(=O)S/C(=C/c3cc(OC)c(OCc4ccccc4F)cc3Br)C2=O)cc1. The second-order valence-corrected chi connectivity index (χ2v) is 10.0. The number of hydrogen-bond donors (Lipinski definition) is 1. The number of carbonyl (C=O) groups excluding carboxylic acids is 3. The van der Waals surface area contributed by atoms with E-state index in [1.54, 1.807) is 54.6 Å². The van der Waals surface area contributed by atoms with E-state index >= 15 is 0 Å². The lowest BCUT2D eigenvalue weighted by Gasteiger charge is -2.14. The molecule has 0 unspecified atom stereocenters. The van der Waals surface area contributed by atoms with E-state index in [-0.39, 0.29) is 17.3 Å². The minimum atomic E-state index is -0.586. The molecule has 0 radical (unpaired) electrons. The molecule has 39 heavy (non-hydrogen) atoms. The number of amides is 3. The van der Waals surface area contributed by atoms with Crippen molar-refractivity contribution in [3.8, 4) is 17.2 Å². The summed E-state index contributed by atoms with van der Waals surface area (Å²) in [5, 5.41) is 2.12. The van der Waals surface area contributed by atoms with Crippen LogP contribution < -0.4 is 19.5 Å². The summed E-state index contributed by atoms with van der Waals surface area (Å²) in [5.41, 5.74) is 1.45. The number of methoxy groups -OCH3 is 1. The smallest absolute Gasteiger partial charge is 0.294 e. The minimum absolute atomic E-state index is 0.00751. The molecule has 11 heteroatoms. The Hall–Kier alpha value is -3.83. The molecular weight excluding hydrogens is 591 g/mol. The number of imide groups is 1. The lowest BCUT2D eigenvalue weighted by Crippen LogP contribution is -2.36. The fourth-order valence-electron chi connectivity index (χ4n) is 3.63. The van der Waals surface area contributed by atoms with Crippen LogP contribution in [0.5, 0.6) is 17.2 Å². The average molecular weight is 615 g/mol. The highest BCUT2D eigenvalue weighted by Crippen LogP contribution is 2.38. The van der Waals surface area contributed by atoms with Crippen LogP contribution in [0.15, 0.2) is 70.0 Å². The lowest BCUT2D eigenvalue weighted by molar-refractivity contribution is -0.127. The summed E-state index contributed by atoms with van der Waals surface area (Å²) in [6.07, 6.45) is 1.53. The van der Waals surface area contributed by atoms with Gasteiger partial charge in [0.1, 0.15) is 24.7 Å². The van der Waals surface area contributed by atoms with Gasteiger partial charge in [-0.25, -0.2) is 4.39 Å². The zero-order valence-corrected chi connectivity index (χ0v) is 23.4. The van der Waals surface area contributed by atoms with Gasteiger partial charge in [0.2, 0.25) is 5.91 Å². The number of ether oxygens (including phenoxy) is 3. The third-order valence-electron chi connectivity index (χ3n) is 5.53. The highest BCUT2D eigenvalue weighted by molar-refractivity contribution is 9.10. The summed E-state index contributed by atoms with van der Waals surface area (Å²) in [4.78, 5) is 39.1. The molecular formula is C28H24BrFN2O6S. The van der Waals surface area contributed by atoms with Crippen molar-refractivity contribution in [1.82, 2.24) is 4.90 Å². The van der Waals surface area contributed by atoms with Crippen LogP contribution in [0, 0.1) is 5.82 Å². The zero-order valence-electron chi connectivity index (χ0n) is 21.0. The van der Waals surface area contributed by atoms with Crippen LogP contribution in [0.25, 0.3) is 6.08 Å². The number of rotatable bonds is 10. The standard InChI is InChI=1S/C28H24BrFN2O6S/c1-3-37-20-10-8-19(9-11-20)31-26(33)15-32-27(34)25(39-28(32)35)13-18-12-23(36-2)24(14-21(18)29)38-16-17-6-4-5-7-22(17)30/h4-14H,3,15-16H2,1-2H3,(H,31,33)/b25-13+. The molecule has 0 saturated carbocycles. The summed E-state index contributed by atoms with van der Waals surface area (Å²) in [5.74, 6) is -0.0896. The van der Waals surface area contributed by atoms with Crippen molar-refractivity contribution in [3.63, 3.8) is 0 Å². The Morgan fingerprint density at radius 3 is 2.51 bits per heavy atom. The molecule has 1 fully saturated rings. The molecule has 4 rings (SSSR count). The van der Waals surface area contributed by atoms with Crippen molar-refractivity contribution in [1.29, 1.82) is 0 Å². The number of nitrogens with zero attached hydrogens (tertiary/aromatic N) is 1. The van der Waals surface area contributed by atoms with E-state index in [0.717, 1.165) is 16.7 Å². The number of carbonyl (C=O) groups is 3. The zero-order chi connectivity index (χ0) is 27.9. The van der Waals surface area contributed by atoms with Gasteiger partial charge in [-0.2, -0.15) is 0 Å². The maximum atomic E-state index is 14.0. The molecule has 1 aliphatic rings.